The average molecular weight is 356 g/mol. The second-order valence-corrected chi connectivity index (χ2v) is 5.37. The van der Waals surface area contributed by atoms with Gasteiger partial charge in [0.25, 0.3) is 11.8 Å². The number of ether oxygens (including phenoxy) is 1. The normalized spacial score (nSPS) is 10.1. The summed E-state index contributed by atoms with van der Waals surface area (Å²) in [6.07, 6.45) is 0. The van der Waals surface area contributed by atoms with Crippen molar-refractivity contribution in [3.8, 4) is 0 Å². The summed E-state index contributed by atoms with van der Waals surface area (Å²) >= 11 is 0. The van der Waals surface area contributed by atoms with E-state index in [2.05, 4.69) is 20.9 Å². The number of carbonyl (C=O) groups is 3. The van der Waals surface area contributed by atoms with Gasteiger partial charge in [0.1, 0.15) is 11.4 Å². The van der Waals surface area contributed by atoms with Gasteiger partial charge in [-0.2, -0.15) is 0 Å². The van der Waals surface area contributed by atoms with Crippen LogP contribution < -0.4 is 16.0 Å². The van der Waals surface area contributed by atoms with Gasteiger partial charge in [0.2, 0.25) is 5.91 Å². The molecule has 0 unspecified atom stereocenters. The van der Waals surface area contributed by atoms with Crippen molar-refractivity contribution in [1.29, 1.82) is 0 Å². The minimum atomic E-state index is -0.441. The number of methoxy groups -OCH3 is 1. The summed E-state index contributed by atoms with van der Waals surface area (Å²) in [4.78, 5) is 39.4. The van der Waals surface area contributed by atoms with Crippen LogP contribution in [0.2, 0.25) is 0 Å². The molecule has 0 saturated carbocycles. The van der Waals surface area contributed by atoms with Crippen molar-refractivity contribution in [3.63, 3.8) is 0 Å². The number of aromatic nitrogens is 1. The van der Waals surface area contributed by atoms with Crippen LogP contribution in [0.1, 0.15) is 27.9 Å². The molecule has 0 aliphatic carbocycles. The zero-order valence-corrected chi connectivity index (χ0v) is 14.5. The predicted molar refractivity (Wildman–Crippen MR) is 97.1 cm³/mol. The van der Waals surface area contributed by atoms with E-state index < -0.39 is 5.91 Å². The molecule has 1 aromatic heterocycles. The first-order chi connectivity index (χ1) is 12.5. The van der Waals surface area contributed by atoms with Gasteiger partial charge in [0, 0.05) is 32.0 Å². The molecule has 0 atom stereocenters. The molecule has 0 aliphatic heterocycles. The third kappa shape index (κ3) is 5.67. The van der Waals surface area contributed by atoms with Gasteiger partial charge in [-0.15, -0.1) is 0 Å². The van der Waals surface area contributed by atoms with Crippen molar-refractivity contribution in [1.82, 2.24) is 10.3 Å². The summed E-state index contributed by atoms with van der Waals surface area (Å²) in [5.74, 6) is -0.994. The van der Waals surface area contributed by atoms with E-state index in [0.717, 1.165) is 0 Å². The zero-order valence-electron chi connectivity index (χ0n) is 14.5. The summed E-state index contributed by atoms with van der Waals surface area (Å²) in [7, 11) is 1.54. The number of hydrogen-bond acceptors (Lipinski definition) is 5. The first-order valence-electron chi connectivity index (χ1n) is 7.93. The number of benzene rings is 1. The van der Waals surface area contributed by atoms with Crippen LogP contribution in [0.4, 0.5) is 11.4 Å². The maximum Gasteiger partial charge on any atom is 0.274 e. The molecule has 1 heterocycles. The van der Waals surface area contributed by atoms with Crippen LogP contribution in [0.15, 0.2) is 42.5 Å². The Kier molecular flexibility index (Phi) is 6.81. The van der Waals surface area contributed by atoms with E-state index >= 15 is 0 Å². The average Bonchev–Trinajstić information content (AvgIpc) is 2.63. The highest BCUT2D eigenvalue weighted by Gasteiger charge is 2.12. The molecule has 2 aromatic rings. The van der Waals surface area contributed by atoms with E-state index in [-0.39, 0.29) is 23.2 Å². The Hall–Kier alpha value is -3.26. The SMILES string of the molecule is COCCNC(=O)c1cccc(C(=O)Nc2ccc(NC(C)=O)cc2)n1. The molecule has 8 nitrogen and oxygen atoms in total. The van der Waals surface area contributed by atoms with E-state index in [4.69, 9.17) is 4.74 Å². The number of amides is 3. The van der Waals surface area contributed by atoms with E-state index in [0.29, 0.717) is 24.5 Å². The molecule has 3 amide bonds. The summed E-state index contributed by atoms with van der Waals surface area (Å²) in [5, 5.41) is 7.98. The summed E-state index contributed by atoms with van der Waals surface area (Å²) in [6.45, 7) is 2.16. The molecule has 2 rings (SSSR count). The number of rotatable bonds is 7. The minimum absolute atomic E-state index is 0.121. The van der Waals surface area contributed by atoms with Crippen molar-refractivity contribution < 1.29 is 19.1 Å². The Morgan fingerprint density at radius 3 is 2.08 bits per heavy atom. The maximum absolute atomic E-state index is 12.3. The monoisotopic (exact) mass is 356 g/mol. The van der Waals surface area contributed by atoms with E-state index in [1.165, 1.54) is 26.2 Å². The first kappa shape index (κ1) is 19.1. The van der Waals surface area contributed by atoms with Gasteiger partial charge < -0.3 is 20.7 Å². The Balaban J connectivity index is 2.02. The molecule has 0 spiro atoms. The van der Waals surface area contributed by atoms with Crippen molar-refractivity contribution in [2.75, 3.05) is 30.9 Å². The molecule has 26 heavy (non-hydrogen) atoms. The molecule has 0 fully saturated rings. The third-order valence-electron chi connectivity index (χ3n) is 3.27. The fourth-order valence-corrected chi connectivity index (χ4v) is 2.08. The fourth-order valence-electron chi connectivity index (χ4n) is 2.08. The standard InChI is InChI=1S/C18H20N4O4/c1-12(23)20-13-6-8-14(9-7-13)21-18(25)16-5-3-4-15(22-16)17(24)19-10-11-26-2/h3-9H,10-11H2,1-2H3,(H,19,24)(H,20,23)(H,21,25). The Morgan fingerprint density at radius 1 is 0.923 bits per heavy atom. The number of hydrogen-bond donors (Lipinski definition) is 3. The number of anilines is 2. The van der Waals surface area contributed by atoms with Gasteiger partial charge in [-0.3, -0.25) is 14.4 Å². The number of pyridine rings is 1. The van der Waals surface area contributed by atoms with Crippen LogP contribution in [0.25, 0.3) is 0 Å². The number of carbonyl (C=O) groups excluding carboxylic acids is 3. The lowest BCUT2D eigenvalue weighted by molar-refractivity contribution is -0.114. The topological polar surface area (TPSA) is 109 Å². The van der Waals surface area contributed by atoms with Gasteiger partial charge in [0.15, 0.2) is 0 Å². The van der Waals surface area contributed by atoms with Crippen LogP contribution in [0, 0.1) is 0 Å². The summed E-state index contributed by atoms with van der Waals surface area (Å²) < 4.78 is 4.86. The molecule has 0 radical (unpaired) electrons. The molecule has 8 heteroatoms. The highest BCUT2D eigenvalue weighted by molar-refractivity contribution is 6.04. The Labute approximate surface area is 151 Å². The maximum atomic E-state index is 12.3. The molecule has 0 bridgehead atoms. The van der Waals surface area contributed by atoms with Crippen molar-refractivity contribution in [2.24, 2.45) is 0 Å². The van der Waals surface area contributed by atoms with E-state index in [9.17, 15) is 14.4 Å². The van der Waals surface area contributed by atoms with Crippen LogP contribution >= 0.6 is 0 Å². The van der Waals surface area contributed by atoms with E-state index in [1.54, 1.807) is 30.3 Å². The molecule has 3 N–H and O–H groups in total. The van der Waals surface area contributed by atoms with Crippen molar-refractivity contribution in [2.45, 2.75) is 6.92 Å². The molecule has 0 saturated heterocycles. The highest BCUT2D eigenvalue weighted by atomic mass is 16.5. The van der Waals surface area contributed by atoms with Crippen LogP contribution in [0.3, 0.4) is 0 Å². The molecule has 1 aromatic carbocycles. The molecular formula is C18H20N4O4. The lowest BCUT2D eigenvalue weighted by Crippen LogP contribution is -2.28. The Bertz CT molecular complexity index is 790. The predicted octanol–water partition coefficient (Wildman–Crippen LogP) is 1.67. The van der Waals surface area contributed by atoms with Gasteiger partial charge in [-0.1, -0.05) is 6.07 Å². The first-order valence-corrected chi connectivity index (χ1v) is 7.93. The van der Waals surface area contributed by atoms with Crippen LogP contribution in [-0.2, 0) is 9.53 Å². The Morgan fingerprint density at radius 2 is 1.50 bits per heavy atom. The van der Waals surface area contributed by atoms with E-state index in [1.807, 2.05) is 0 Å². The largest absolute Gasteiger partial charge is 0.383 e. The summed E-state index contributed by atoms with van der Waals surface area (Å²) in [5.41, 5.74) is 1.44. The van der Waals surface area contributed by atoms with Crippen molar-refractivity contribution >= 4 is 29.1 Å². The lowest BCUT2D eigenvalue weighted by Gasteiger charge is -2.08. The smallest absolute Gasteiger partial charge is 0.274 e. The van der Waals surface area contributed by atoms with Crippen LogP contribution in [-0.4, -0.2) is 43.0 Å². The number of nitrogens with one attached hydrogen (secondary N) is 3. The fraction of sp³-hybridized carbons (Fsp3) is 0.222. The highest BCUT2D eigenvalue weighted by Crippen LogP contribution is 2.14. The molecular weight excluding hydrogens is 336 g/mol. The second-order valence-electron chi connectivity index (χ2n) is 5.37. The minimum Gasteiger partial charge on any atom is -0.383 e. The number of nitrogens with zero attached hydrogens (tertiary/aromatic N) is 1. The quantitative estimate of drug-likeness (QED) is 0.654. The second kappa shape index (κ2) is 9.28. The van der Waals surface area contributed by atoms with Gasteiger partial charge in [-0.25, -0.2) is 4.98 Å². The molecule has 136 valence electrons. The van der Waals surface area contributed by atoms with Gasteiger partial charge >= 0.3 is 0 Å². The third-order valence-corrected chi connectivity index (χ3v) is 3.27. The summed E-state index contributed by atoms with van der Waals surface area (Å²) in [6, 6.07) is 11.3. The van der Waals surface area contributed by atoms with Crippen LogP contribution in [0.5, 0.6) is 0 Å². The van der Waals surface area contributed by atoms with Gasteiger partial charge in [-0.05, 0) is 36.4 Å². The van der Waals surface area contributed by atoms with Gasteiger partial charge in [0.05, 0.1) is 6.61 Å². The molecule has 0 aliphatic rings. The zero-order chi connectivity index (χ0) is 18.9. The van der Waals surface area contributed by atoms with Crippen molar-refractivity contribution in [3.05, 3.63) is 53.9 Å². The lowest BCUT2D eigenvalue weighted by atomic mass is 10.2.